The second kappa shape index (κ2) is 6.83. The number of nitrogens with zero attached hydrogens (tertiary/aromatic N) is 2. The zero-order valence-corrected chi connectivity index (χ0v) is 14.1. The molecule has 1 aromatic carbocycles. The maximum absolute atomic E-state index is 5.62. The molecular weight excluding hydrogens is 373 g/mol. The van der Waals surface area contributed by atoms with E-state index in [2.05, 4.69) is 55.2 Å². The molecule has 0 atom stereocenters. The van der Waals surface area contributed by atoms with Gasteiger partial charge in [0, 0.05) is 16.7 Å². The van der Waals surface area contributed by atoms with Gasteiger partial charge in [0.1, 0.15) is 0 Å². The molecule has 0 amide bonds. The Morgan fingerprint density at radius 3 is 2.89 bits per heavy atom. The third kappa shape index (κ3) is 4.01. The summed E-state index contributed by atoms with van der Waals surface area (Å²) in [5.41, 5.74) is 2.23. The first-order valence-electron chi connectivity index (χ1n) is 6.18. The molecule has 104 valence electrons. The van der Waals surface area contributed by atoms with Crippen LogP contribution in [0.2, 0.25) is 0 Å². The number of aromatic amines is 1. The van der Waals surface area contributed by atoms with Crippen LogP contribution in [0.3, 0.4) is 0 Å². The summed E-state index contributed by atoms with van der Waals surface area (Å²) < 4.78 is 9.68. The van der Waals surface area contributed by atoms with E-state index < -0.39 is 0 Å². The molecule has 1 heterocycles. The SMILES string of the molecule is CN(C)CCOCCn1c(=S)[nH]c2cc(I)ccc21. The standard InChI is InChI=1S/C13H18IN3OS/c1-16(2)5-7-18-8-6-17-12-4-3-10(14)9-11(12)15-13(17)19/h3-4,9H,5-8H2,1-2H3,(H,15,19). The molecule has 0 unspecified atom stereocenters. The van der Waals surface area contributed by atoms with Gasteiger partial charge >= 0.3 is 0 Å². The Morgan fingerprint density at radius 1 is 1.37 bits per heavy atom. The van der Waals surface area contributed by atoms with Crippen LogP contribution in [0.25, 0.3) is 11.0 Å². The van der Waals surface area contributed by atoms with Gasteiger partial charge in [-0.3, -0.25) is 0 Å². The van der Waals surface area contributed by atoms with E-state index in [1.165, 1.54) is 3.57 Å². The number of halogens is 1. The minimum Gasteiger partial charge on any atom is -0.378 e. The zero-order chi connectivity index (χ0) is 13.8. The second-order valence-electron chi connectivity index (χ2n) is 4.66. The lowest BCUT2D eigenvalue weighted by atomic mass is 10.3. The first kappa shape index (κ1) is 15.0. The van der Waals surface area contributed by atoms with Crippen molar-refractivity contribution in [3.63, 3.8) is 0 Å². The molecule has 0 aliphatic heterocycles. The highest BCUT2D eigenvalue weighted by molar-refractivity contribution is 14.1. The first-order chi connectivity index (χ1) is 9.08. The molecule has 0 bridgehead atoms. The summed E-state index contributed by atoms with van der Waals surface area (Å²) in [5.74, 6) is 0. The molecule has 1 N–H and O–H groups in total. The molecule has 0 aliphatic carbocycles. The summed E-state index contributed by atoms with van der Waals surface area (Å²) in [6, 6.07) is 6.30. The summed E-state index contributed by atoms with van der Waals surface area (Å²) in [5, 5.41) is 0. The van der Waals surface area contributed by atoms with Crippen LogP contribution in [0.15, 0.2) is 18.2 Å². The van der Waals surface area contributed by atoms with Gasteiger partial charge < -0.3 is 19.2 Å². The maximum Gasteiger partial charge on any atom is 0.178 e. The molecule has 0 saturated carbocycles. The van der Waals surface area contributed by atoms with Crippen LogP contribution in [0.5, 0.6) is 0 Å². The number of hydrogen-bond acceptors (Lipinski definition) is 3. The van der Waals surface area contributed by atoms with Crippen molar-refractivity contribution in [2.24, 2.45) is 0 Å². The molecule has 6 heteroatoms. The Kier molecular flexibility index (Phi) is 5.37. The Hall–Kier alpha value is -0.440. The van der Waals surface area contributed by atoms with Crippen molar-refractivity contribution in [2.45, 2.75) is 6.54 Å². The van der Waals surface area contributed by atoms with Gasteiger partial charge in [-0.1, -0.05) is 0 Å². The van der Waals surface area contributed by atoms with Crippen molar-refractivity contribution in [1.82, 2.24) is 14.5 Å². The average molecular weight is 391 g/mol. The number of likely N-dealkylation sites (N-methyl/N-ethyl adjacent to an activating group) is 1. The van der Waals surface area contributed by atoms with E-state index in [0.29, 0.717) is 6.61 Å². The lowest BCUT2D eigenvalue weighted by Gasteiger charge is -2.10. The van der Waals surface area contributed by atoms with Crippen LogP contribution >= 0.6 is 34.8 Å². The molecule has 19 heavy (non-hydrogen) atoms. The van der Waals surface area contributed by atoms with E-state index >= 15 is 0 Å². The fourth-order valence-corrected chi connectivity index (χ4v) is 2.65. The summed E-state index contributed by atoms with van der Waals surface area (Å²) in [6.45, 7) is 3.16. The fraction of sp³-hybridized carbons (Fsp3) is 0.462. The molecule has 4 nitrogen and oxygen atoms in total. The number of H-pyrrole nitrogens is 1. The number of fused-ring (bicyclic) bond motifs is 1. The van der Waals surface area contributed by atoms with Gasteiger partial charge in [0.05, 0.1) is 24.2 Å². The van der Waals surface area contributed by atoms with Gasteiger partial charge in [-0.25, -0.2) is 0 Å². The Morgan fingerprint density at radius 2 is 2.16 bits per heavy atom. The maximum atomic E-state index is 5.62. The number of nitrogens with one attached hydrogen (secondary N) is 1. The third-order valence-electron chi connectivity index (χ3n) is 2.88. The van der Waals surface area contributed by atoms with E-state index in [9.17, 15) is 0 Å². The van der Waals surface area contributed by atoms with Crippen molar-refractivity contribution >= 4 is 45.8 Å². The summed E-state index contributed by atoms with van der Waals surface area (Å²) >= 11 is 7.66. The second-order valence-corrected chi connectivity index (χ2v) is 6.29. The molecule has 0 fully saturated rings. The van der Waals surface area contributed by atoms with Gasteiger partial charge in [0.15, 0.2) is 4.77 Å². The molecule has 2 rings (SSSR count). The van der Waals surface area contributed by atoms with Crippen molar-refractivity contribution in [1.29, 1.82) is 0 Å². The largest absolute Gasteiger partial charge is 0.378 e. The normalized spacial score (nSPS) is 11.6. The Balaban J connectivity index is 2.00. The van der Waals surface area contributed by atoms with Crippen molar-refractivity contribution < 1.29 is 4.74 Å². The van der Waals surface area contributed by atoms with E-state index in [1.54, 1.807) is 0 Å². The third-order valence-corrected chi connectivity index (χ3v) is 3.87. The zero-order valence-electron chi connectivity index (χ0n) is 11.1. The molecular formula is C13H18IN3OS. The minimum absolute atomic E-state index is 0.682. The summed E-state index contributed by atoms with van der Waals surface area (Å²) in [7, 11) is 4.08. The number of benzene rings is 1. The van der Waals surface area contributed by atoms with E-state index in [0.717, 1.165) is 35.5 Å². The van der Waals surface area contributed by atoms with Crippen LogP contribution in [-0.4, -0.2) is 48.3 Å². The van der Waals surface area contributed by atoms with Gasteiger partial charge in [-0.05, 0) is 67.1 Å². The number of rotatable bonds is 6. The van der Waals surface area contributed by atoms with Crippen molar-refractivity contribution in [3.8, 4) is 0 Å². The number of imidazole rings is 1. The summed E-state index contributed by atoms with van der Waals surface area (Å²) in [4.78, 5) is 5.35. The Labute approximate surface area is 131 Å². The van der Waals surface area contributed by atoms with Gasteiger partial charge in [-0.2, -0.15) is 0 Å². The quantitative estimate of drug-likeness (QED) is 0.467. The average Bonchev–Trinajstić information content (AvgIpc) is 2.64. The highest BCUT2D eigenvalue weighted by Gasteiger charge is 2.04. The monoisotopic (exact) mass is 391 g/mol. The van der Waals surface area contributed by atoms with Gasteiger partial charge in [0.25, 0.3) is 0 Å². The van der Waals surface area contributed by atoms with Crippen LogP contribution < -0.4 is 0 Å². The molecule has 0 aliphatic rings. The lowest BCUT2D eigenvalue weighted by molar-refractivity contribution is 0.111. The highest BCUT2D eigenvalue weighted by atomic mass is 127. The lowest BCUT2D eigenvalue weighted by Crippen LogP contribution is -2.19. The van der Waals surface area contributed by atoms with Crippen molar-refractivity contribution in [3.05, 3.63) is 26.5 Å². The molecule has 2 aromatic rings. The molecule has 0 saturated heterocycles. The van der Waals surface area contributed by atoms with Crippen molar-refractivity contribution in [2.75, 3.05) is 33.9 Å². The van der Waals surface area contributed by atoms with E-state index in [-0.39, 0.29) is 0 Å². The van der Waals surface area contributed by atoms with E-state index in [1.807, 2.05) is 14.1 Å². The Bertz CT molecular complexity index is 605. The van der Waals surface area contributed by atoms with Crippen LogP contribution in [0.1, 0.15) is 0 Å². The van der Waals surface area contributed by atoms with Crippen LogP contribution in [-0.2, 0) is 11.3 Å². The van der Waals surface area contributed by atoms with Crippen LogP contribution in [0.4, 0.5) is 0 Å². The smallest absolute Gasteiger partial charge is 0.178 e. The number of hydrogen-bond donors (Lipinski definition) is 1. The van der Waals surface area contributed by atoms with Gasteiger partial charge in [0.2, 0.25) is 0 Å². The van der Waals surface area contributed by atoms with Gasteiger partial charge in [-0.15, -0.1) is 0 Å². The minimum atomic E-state index is 0.682. The highest BCUT2D eigenvalue weighted by Crippen LogP contribution is 2.17. The summed E-state index contributed by atoms with van der Waals surface area (Å²) in [6.07, 6.45) is 0. The first-order valence-corrected chi connectivity index (χ1v) is 7.67. The molecule has 1 aromatic heterocycles. The topological polar surface area (TPSA) is 33.2 Å². The molecule has 0 radical (unpaired) electrons. The van der Waals surface area contributed by atoms with E-state index in [4.69, 9.17) is 17.0 Å². The fourth-order valence-electron chi connectivity index (χ4n) is 1.86. The predicted molar refractivity (Wildman–Crippen MR) is 89.2 cm³/mol. The number of ether oxygens (including phenoxy) is 1. The predicted octanol–water partition coefficient (Wildman–Crippen LogP) is 2.88. The number of aromatic nitrogens is 2. The molecule has 0 spiro atoms. The van der Waals surface area contributed by atoms with Crippen LogP contribution in [0, 0.1) is 8.34 Å².